The van der Waals surface area contributed by atoms with E-state index in [0.717, 1.165) is 50.1 Å². The van der Waals surface area contributed by atoms with Gasteiger partial charge in [0.25, 0.3) is 11.4 Å². The minimum atomic E-state index is -0.665. The summed E-state index contributed by atoms with van der Waals surface area (Å²) in [7, 11) is 2.08. The lowest BCUT2D eigenvalue weighted by Gasteiger charge is -2.34. The van der Waals surface area contributed by atoms with E-state index in [1.807, 2.05) is 0 Å². The molecule has 1 heterocycles. The number of benzene rings is 2. The SMILES string of the molecule is CN1CCN(c2ccc([N+](=O)[O-])c(Cl)c2)CC1.O=[N+]([O-])c1ccc(F)cc1Cl. The molecule has 11 heteroatoms. The van der Waals surface area contributed by atoms with Gasteiger partial charge in [0, 0.05) is 44.0 Å². The average molecular weight is 431 g/mol. The Morgan fingerprint density at radius 3 is 1.86 bits per heavy atom. The Labute approximate surface area is 170 Å². The van der Waals surface area contributed by atoms with Gasteiger partial charge >= 0.3 is 0 Å². The van der Waals surface area contributed by atoms with E-state index in [4.69, 9.17) is 23.2 Å². The van der Waals surface area contributed by atoms with E-state index in [1.54, 1.807) is 12.1 Å². The molecular formula is C17H17Cl2FN4O4. The van der Waals surface area contributed by atoms with Crippen LogP contribution in [-0.2, 0) is 0 Å². The number of halogens is 3. The van der Waals surface area contributed by atoms with Crippen LogP contribution in [0.3, 0.4) is 0 Å². The molecule has 28 heavy (non-hydrogen) atoms. The quantitative estimate of drug-likeness (QED) is 0.529. The van der Waals surface area contributed by atoms with Crippen molar-refractivity contribution >= 4 is 40.3 Å². The van der Waals surface area contributed by atoms with Crippen molar-refractivity contribution in [3.63, 3.8) is 0 Å². The molecule has 150 valence electrons. The molecule has 0 aromatic heterocycles. The Hall–Kier alpha value is -2.49. The van der Waals surface area contributed by atoms with Crippen LogP contribution in [0.2, 0.25) is 10.0 Å². The molecule has 0 atom stereocenters. The van der Waals surface area contributed by atoms with Crippen LogP contribution in [0.4, 0.5) is 21.5 Å². The summed E-state index contributed by atoms with van der Waals surface area (Å²) in [5, 5.41) is 20.8. The number of nitro groups is 2. The number of nitrogens with zero attached hydrogens (tertiary/aromatic N) is 4. The maximum atomic E-state index is 12.3. The standard InChI is InChI=1S/C11H14ClN3O2.C6H3ClFNO2/c1-13-4-6-14(7-5-13)9-2-3-11(15(16)17)10(12)8-9;7-5-3-4(8)1-2-6(5)9(10)11/h2-3,8H,4-7H2,1H3;1-3H. The molecule has 2 aromatic carbocycles. The molecule has 1 aliphatic rings. The highest BCUT2D eigenvalue weighted by Crippen LogP contribution is 2.29. The van der Waals surface area contributed by atoms with Crippen LogP contribution >= 0.6 is 23.2 Å². The van der Waals surface area contributed by atoms with E-state index in [1.165, 1.54) is 6.07 Å². The molecule has 0 radical (unpaired) electrons. The van der Waals surface area contributed by atoms with Gasteiger partial charge in [-0.05, 0) is 31.3 Å². The number of anilines is 1. The fraction of sp³-hybridized carbons (Fsp3) is 0.294. The third-order valence-electron chi connectivity index (χ3n) is 4.10. The van der Waals surface area contributed by atoms with Crippen molar-refractivity contribution in [1.29, 1.82) is 0 Å². The summed E-state index contributed by atoms with van der Waals surface area (Å²) in [6.07, 6.45) is 0. The summed E-state index contributed by atoms with van der Waals surface area (Å²) >= 11 is 11.2. The molecule has 2 aromatic rings. The van der Waals surface area contributed by atoms with Gasteiger partial charge in [-0.2, -0.15) is 0 Å². The molecule has 0 unspecified atom stereocenters. The van der Waals surface area contributed by atoms with Gasteiger partial charge in [0.1, 0.15) is 15.9 Å². The first-order valence-corrected chi connectivity index (χ1v) is 8.91. The topological polar surface area (TPSA) is 92.8 Å². The number of likely N-dealkylation sites (N-methyl/N-ethyl adjacent to an activating group) is 1. The lowest BCUT2D eigenvalue weighted by molar-refractivity contribution is -0.384. The van der Waals surface area contributed by atoms with E-state index in [0.29, 0.717) is 0 Å². The zero-order chi connectivity index (χ0) is 20.8. The predicted octanol–water partition coefficient (Wildman–Crippen LogP) is 4.39. The highest BCUT2D eigenvalue weighted by atomic mass is 35.5. The van der Waals surface area contributed by atoms with Gasteiger partial charge in [-0.15, -0.1) is 0 Å². The van der Waals surface area contributed by atoms with Gasteiger partial charge in [0.15, 0.2) is 0 Å². The van der Waals surface area contributed by atoms with Gasteiger partial charge in [-0.1, -0.05) is 23.2 Å². The van der Waals surface area contributed by atoms with Gasteiger partial charge in [0.05, 0.1) is 9.85 Å². The van der Waals surface area contributed by atoms with E-state index in [2.05, 4.69) is 16.8 Å². The van der Waals surface area contributed by atoms with Crippen LogP contribution in [0.15, 0.2) is 36.4 Å². The molecule has 0 aliphatic carbocycles. The van der Waals surface area contributed by atoms with E-state index >= 15 is 0 Å². The zero-order valence-electron chi connectivity index (χ0n) is 14.8. The first kappa shape index (κ1) is 21.8. The van der Waals surface area contributed by atoms with Crippen LogP contribution < -0.4 is 4.90 Å². The van der Waals surface area contributed by atoms with Crippen LogP contribution in [-0.4, -0.2) is 48.0 Å². The lowest BCUT2D eigenvalue weighted by Crippen LogP contribution is -2.44. The van der Waals surface area contributed by atoms with Crippen molar-refractivity contribution in [3.05, 3.63) is 72.5 Å². The van der Waals surface area contributed by atoms with Gasteiger partial charge < -0.3 is 9.80 Å². The number of nitro benzene ring substituents is 2. The zero-order valence-corrected chi connectivity index (χ0v) is 16.4. The van der Waals surface area contributed by atoms with Gasteiger partial charge in [-0.25, -0.2) is 4.39 Å². The second-order valence-corrected chi connectivity index (χ2v) is 6.85. The summed E-state index contributed by atoms with van der Waals surface area (Å²) < 4.78 is 12.3. The van der Waals surface area contributed by atoms with E-state index < -0.39 is 15.7 Å². The molecule has 0 spiro atoms. The number of rotatable bonds is 3. The molecule has 0 amide bonds. The maximum absolute atomic E-state index is 12.3. The van der Waals surface area contributed by atoms with Crippen molar-refractivity contribution < 1.29 is 14.2 Å². The molecule has 1 fully saturated rings. The first-order valence-electron chi connectivity index (χ1n) is 8.16. The summed E-state index contributed by atoms with van der Waals surface area (Å²) in [5.41, 5.74) is 0.631. The normalized spacial score (nSPS) is 14.2. The highest BCUT2D eigenvalue weighted by molar-refractivity contribution is 6.33. The van der Waals surface area contributed by atoms with Crippen molar-refractivity contribution in [2.24, 2.45) is 0 Å². The molecule has 3 rings (SSSR count). The Kier molecular flexibility index (Phi) is 7.50. The van der Waals surface area contributed by atoms with Crippen molar-refractivity contribution in [1.82, 2.24) is 4.90 Å². The molecule has 0 bridgehead atoms. The third-order valence-corrected chi connectivity index (χ3v) is 4.71. The van der Waals surface area contributed by atoms with Crippen LogP contribution in [0, 0.1) is 26.0 Å². The minimum absolute atomic E-state index is 0.0375. The second-order valence-electron chi connectivity index (χ2n) is 6.04. The van der Waals surface area contributed by atoms with Gasteiger partial charge in [0.2, 0.25) is 0 Å². The fourth-order valence-corrected chi connectivity index (χ4v) is 3.01. The molecule has 0 N–H and O–H groups in total. The van der Waals surface area contributed by atoms with Crippen LogP contribution in [0.5, 0.6) is 0 Å². The molecule has 0 saturated carbocycles. The summed E-state index contributed by atoms with van der Waals surface area (Å²) in [4.78, 5) is 24.1. The Balaban J connectivity index is 0.000000221. The second kappa shape index (κ2) is 9.63. The number of hydrogen-bond acceptors (Lipinski definition) is 6. The summed E-state index contributed by atoms with van der Waals surface area (Å²) in [5.74, 6) is -0.583. The van der Waals surface area contributed by atoms with Gasteiger partial charge in [-0.3, -0.25) is 20.2 Å². The highest BCUT2D eigenvalue weighted by Gasteiger charge is 2.18. The minimum Gasteiger partial charge on any atom is -0.369 e. The van der Waals surface area contributed by atoms with Crippen molar-refractivity contribution in [2.75, 3.05) is 38.1 Å². The van der Waals surface area contributed by atoms with Crippen LogP contribution in [0.1, 0.15) is 0 Å². The molecule has 8 nitrogen and oxygen atoms in total. The average Bonchev–Trinajstić information content (AvgIpc) is 2.62. The fourth-order valence-electron chi connectivity index (χ4n) is 2.53. The molecule has 1 saturated heterocycles. The molecular weight excluding hydrogens is 414 g/mol. The molecule has 1 aliphatic heterocycles. The first-order chi connectivity index (χ1) is 13.2. The Morgan fingerprint density at radius 2 is 1.39 bits per heavy atom. The number of hydrogen-bond donors (Lipinski definition) is 0. The van der Waals surface area contributed by atoms with Crippen molar-refractivity contribution in [3.8, 4) is 0 Å². The Bertz CT molecular complexity index is 876. The lowest BCUT2D eigenvalue weighted by atomic mass is 10.2. The third kappa shape index (κ3) is 5.75. The predicted molar refractivity (Wildman–Crippen MR) is 106 cm³/mol. The smallest absolute Gasteiger partial charge is 0.288 e. The summed E-state index contributed by atoms with van der Waals surface area (Å²) in [6, 6.07) is 7.82. The monoisotopic (exact) mass is 430 g/mol. The largest absolute Gasteiger partial charge is 0.369 e. The van der Waals surface area contributed by atoms with Crippen LogP contribution in [0.25, 0.3) is 0 Å². The summed E-state index contributed by atoms with van der Waals surface area (Å²) in [6.45, 7) is 3.83. The number of piperazine rings is 1. The maximum Gasteiger partial charge on any atom is 0.288 e. The van der Waals surface area contributed by atoms with E-state index in [-0.39, 0.29) is 21.4 Å². The Morgan fingerprint density at radius 1 is 0.893 bits per heavy atom. The van der Waals surface area contributed by atoms with E-state index in [9.17, 15) is 24.6 Å². The van der Waals surface area contributed by atoms with Crippen molar-refractivity contribution in [2.45, 2.75) is 0 Å².